The van der Waals surface area contributed by atoms with E-state index >= 15 is 0 Å². The van der Waals surface area contributed by atoms with Crippen LogP contribution in [0.2, 0.25) is 10.0 Å². The number of carbonyl (C=O) groups excluding carboxylic acids is 1. The molecule has 0 saturated heterocycles. The first-order chi connectivity index (χ1) is 5.66. The minimum Gasteiger partial charge on any atom is -0.294 e. The molecule has 0 heterocycles. The van der Waals surface area contributed by atoms with Crippen LogP contribution in [0.25, 0.3) is 0 Å². The molecule has 0 aliphatic rings. The third kappa shape index (κ3) is 1.79. The van der Waals surface area contributed by atoms with Gasteiger partial charge in [0.15, 0.2) is 5.78 Å². The summed E-state index contributed by atoms with van der Waals surface area (Å²) in [4.78, 5) is 11.3. The minimum absolute atomic E-state index is 0.0226. The molecule has 1 aromatic rings. The van der Waals surface area contributed by atoms with E-state index in [0.717, 1.165) is 0 Å². The maximum absolute atomic E-state index is 11.3. The Morgan fingerprint density at radius 2 is 1.83 bits per heavy atom. The smallest absolute Gasteiger partial charge is 0.165 e. The lowest BCUT2D eigenvalue weighted by molar-refractivity contribution is 0.0988. The van der Waals surface area contributed by atoms with Gasteiger partial charge in [0.05, 0.1) is 15.6 Å². The Labute approximate surface area is 81.3 Å². The van der Waals surface area contributed by atoms with E-state index < -0.39 is 0 Å². The first-order valence-corrected chi connectivity index (χ1v) is 4.39. The molecule has 64 valence electrons. The van der Waals surface area contributed by atoms with Gasteiger partial charge < -0.3 is 0 Å². The molecule has 1 nitrogen and oxygen atoms in total. The van der Waals surface area contributed by atoms with Crippen LogP contribution >= 0.6 is 23.2 Å². The molecule has 0 bridgehead atoms. The van der Waals surface area contributed by atoms with Crippen molar-refractivity contribution < 1.29 is 4.79 Å². The molecular formula is C9H8Cl2O. The normalized spacial score (nSPS) is 9.92. The second-order valence-corrected chi connectivity index (χ2v) is 3.19. The summed E-state index contributed by atoms with van der Waals surface area (Å²) >= 11 is 11.6. The Morgan fingerprint density at radius 1 is 1.33 bits per heavy atom. The monoisotopic (exact) mass is 202 g/mol. The average Bonchev–Trinajstić information content (AvgIpc) is 2.03. The van der Waals surface area contributed by atoms with E-state index in [0.29, 0.717) is 22.0 Å². The van der Waals surface area contributed by atoms with Gasteiger partial charge in [-0.15, -0.1) is 0 Å². The van der Waals surface area contributed by atoms with Crippen LogP contribution < -0.4 is 0 Å². The number of rotatable bonds is 2. The van der Waals surface area contributed by atoms with Crippen molar-refractivity contribution in [1.82, 2.24) is 0 Å². The molecule has 0 N–H and O–H groups in total. The molecule has 1 rings (SSSR count). The van der Waals surface area contributed by atoms with Gasteiger partial charge >= 0.3 is 0 Å². The van der Waals surface area contributed by atoms with Gasteiger partial charge in [-0.3, -0.25) is 4.79 Å². The summed E-state index contributed by atoms with van der Waals surface area (Å²) in [7, 11) is 0. The molecule has 0 radical (unpaired) electrons. The lowest BCUT2D eigenvalue weighted by Crippen LogP contribution is -1.98. The number of hydrogen-bond acceptors (Lipinski definition) is 1. The van der Waals surface area contributed by atoms with Gasteiger partial charge in [-0.05, 0) is 12.1 Å². The van der Waals surface area contributed by atoms with Gasteiger partial charge in [0.1, 0.15) is 0 Å². The molecule has 1 aromatic carbocycles. The summed E-state index contributed by atoms with van der Waals surface area (Å²) in [6, 6.07) is 5.05. The zero-order valence-electron chi connectivity index (χ0n) is 6.60. The van der Waals surface area contributed by atoms with E-state index in [4.69, 9.17) is 23.2 Å². The molecule has 0 saturated carbocycles. The maximum Gasteiger partial charge on any atom is 0.165 e. The predicted molar refractivity (Wildman–Crippen MR) is 51.1 cm³/mol. The highest BCUT2D eigenvalue weighted by Crippen LogP contribution is 2.25. The van der Waals surface area contributed by atoms with Gasteiger partial charge in [-0.25, -0.2) is 0 Å². The highest BCUT2D eigenvalue weighted by Gasteiger charge is 2.11. The highest BCUT2D eigenvalue weighted by atomic mass is 35.5. The van der Waals surface area contributed by atoms with Crippen LogP contribution in [0.5, 0.6) is 0 Å². The Kier molecular flexibility index (Phi) is 3.12. The van der Waals surface area contributed by atoms with Crippen molar-refractivity contribution in [2.45, 2.75) is 13.3 Å². The van der Waals surface area contributed by atoms with Crippen molar-refractivity contribution in [1.29, 1.82) is 0 Å². The summed E-state index contributed by atoms with van der Waals surface area (Å²) in [5, 5.41) is 0.851. The van der Waals surface area contributed by atoms with Crippen LogP contribution in [0, 0.1) is 0 Å². The molecule has 3 heteroatoms. The predicted octanol–water partition coefficient (Wildman–Crippen LogP) is 3.59. The molecule has 0 aromatic heterocycles. The quantitative estimate of drug-likeness (QED) is 0.671. The van der Waals surface area contributed by atoms with Crippen LogP contribution in [0.1, 0.15) is 23.7 Å². The van der Waals surface area contributed by atoms with E-state index in [-0.39, 0.29) is 5.78 Å². The second-order valence-electron chi connectivity index (χ2n) is 2.37. The molecular weight excluding hydrogens is 195 g/mol. The number of benzene rings is 1. The summed E-state index contributed by atoms with van der Waals surface area (Å²) in [6.07, 6.45) is 0.420. The fourth-order valence-corrected chi connectivity index (χ4v) is 1.55. The molecule has 0 unspecified atom stereocenters. The molecule has 0 fully saturated rings. The van der Waals surface area contributed by atoms with E-state index in [9.17, 15) is 4.79 Å². The average molecular weight is 203 g/mol. The van der Waals surface area contributed by atoms with Gasteiger partial charge in [0, 0.05) is 6.42 Å². The molecule has 0 amide bonds. The zero-order chi connectivity index (χ0) is 9.14. The fraction of sp³-hybridized carbons (Fsp3) is 0.222. The minimum atomic E-state index is -0.0226. The van der Waals surface area contributed by atoms with Crippen molar-refractivity contribution in [3.63, 3.8) is 0 Å². The first-order valence-electron chi connectivity index (χ1n) is 3.64. The number of halogens is 2. The second kappa shape index (κ2) is 3.92. The molecule has 12 heavy (non-hydrogen) atoms. The zero-order valence-corrected chi connectivity index (χ0v) is 8.12. The lowest BCUT2D eigenvalue weighted by Gasteiger charge is -2.02. The third-order valence-corrected chi connectivity index (χ3v) is 2.19. The number of hydrogen-bond donors (Lipinski definition) is 0. The van der Waals surface area contributed by atoms with Crippen molar-refractivity contribution in [3.8, 4) is 0 Å². The van der Waals surface area contributed by atoms with Crippen molar-refractivity contribution in [2.75, 3.05) is 0 Å². The van der Waals surface area contributed by atoms with Gasteiger partial charge in [0.25, 0.3) is 0 Å². The van der Waals surface area contributed by atoms with Crippen LogP contribution in [-0.4, -0.2) is 5.78 Å². The van der Waals surface area contributed by atoms with E-state index in [1.54, 1.807) is 25.1 Å². The van der Waals surface area contributed by atoms with Crippen LogP contribution in [0.3, 0.4) is 0 Å². The van der Waals surface area contributed by atoms with E-state index in [1.165, 1.54) is 0 Å². The maximum atomic E-state index is 11.3. The Morgan fingerprint density at radius 3 is 2.25 bits per heavy atom. The summed E-state index contributed by atoms with van der Waals surface area (Å²) in [5.41, 5.74) is 0.434. The lowest BCUT2D eigenvalue weighted by atomic mass is 10.1. The largest absolute Gasteiger partial charge is 0.294 e. The van der Waals surface area contributed by atoms with Crippen molar-refractivity contribution in [3.05, 3.63) is 33.8 Å². The molecule has 0 aliphatic heterocycles. The molecule has 0 aliphatic carbocycles. The van der Waals surface area contributed by atoms with Crippen molar-refractivity contribution in [2.24, 2.45) is 0 Å². The van der Waals surface area contributed by atoms with Gasteiger partial charge in [-0.2, -0.15) is 0 Å². The number of Topliss-reactive ketones (excluding diaryl/α,β-unsaturated/α-hetero) is 1. The summed E-state index contributed by atoms with van der Waals surface area (Å²) in [5.74, 6) is -0.0226. The Bertz CT molecular complexity index is 287. The number of carbonyl (C=O) groups is 1. The Balaban J connectivity index is 3.21. The van der Waals surface area contributed by atoms with Crippen LogP contribution in [0.4, 0.5) is 0 Å². The first kappa shape index (κ1) is 9.56. The highest BCUT2D eigenvalue weighted by molar-refractivity contribution is 6.39. The number of ketones is 1. The van der Waals surface area contributed by atoms with E-state index in [1.807, 2.05) is 0 Å². The van der Waals surface area contributed by atoms with Crippen LogP contribution in [-0.2, 0) is 0 Å². The Hall–Kier alpha value is -0.530. The standard InChI is InChI=1S/C9H8Cl2O/c1-2-8(12)9-6(10)4-3-5-7(9)11/h3-5H,2H2,1H3. The molecule has 0 spiro atoms. The summed E-state index contributed by atoms with van der Waals surface area (Å²) in [6.45, 7) is 1.78. The topological polar surface area (TPSA) is 17.1 Å². The van der Waals surface area contributed by atoms with Crippen molar-refractivity contribution >= 4 is 29.0 Å². The molecule has 0 atom stereocenters. The van der Waals surface area contributed by atoms with E-state index in [2.05, 4.69) is 0 Å². The van der Waals surface area contributed by atoms with Crippen LogP contribution in [0.15, 0.2) is 18.2 Å². The van der Waals surface area contributed by atoms with Gasteiger partial charge in [-0.1, -0.05) is 36.2 Å². The SMILES string of the molecule is CCC(=O)c1c(Cl)cccc1Cl. The third-order valence-electron chi connectivity index (χ3n) is 1.56. The fourth-order valence-electron chi connectivity index (χ4n) is 0.941. The summed E-state index contributed by atoms with van der Waals surface area (Å²) < 4.78 is 0. The van der Waals surface area contributed by atoms with Gasteiger partial charge in [0.2, 0.25) is 0 Å².